The van der Waals surface area contributed by atoms with Gasteiger partial charge in [0.2, 0.25) is 0 Å². The second-order valence-electron chi connectivity index (χ2n) is 5.11. The van der Waals surface area contributed by atoms with E-state index in [-0.39, 0.29) is 11.5 Å². The van der Waals surface area contributed by atoms with Crippen LogP contribution in [0.3, 0.4) is 0 Å². The second kappa shape index (κ2) is 4.57. The molecule has 100 valence electrons. The van der Waals surface area contributed by atoms with Crippen LogP contribution in [0.25, 0.3) is 21.9 Å². The molecule has 0 saturated carbocycles. The van der Waals surface area contributed by atoms with Crippen LogP contribution in [-0.2, 0) is 0 Å². The molecule has 3 aromatic carbocycles. The van der Waals surface area contributed by atoms with Gasteiger partial charge in [-0.25, -0.2) is 0 Å². The van der Waals surface area contributed by atoms with Crippen LogP contribution in [0, 0.1) is 13.8 Å². The van der Waals surface area contributed by atoms with Crippen molar-refractivity contribution in [1.29, 1.82) is 0 Å². The molecule has 0 bridgehead atoms. The summed E-state index contributed by atoms with van der Waals surface area (Å²) in [5.41, 5.74) is 4.09. The third-order valence-corrected chi connectivity index (χ3v) is 3.86. The third-order valence-electron chi connectivity index (χ3n) is 3.86. The lowest BCUT2D eigenvalue weighted by Crippen LogP contribution is -1.89. The molecule has 0 spiro atoms. The normalized spacial score (nSPS) is 10.9. The maximum absolute atomic E-state index is 10.3. The van der Waals surface area contributed by atoms with Crippen molar-refractivity contribution in [1.82, 2.24) is 0 Å². The quantitative estimate of drug-likeness (QED) is 0.677. The Morgan fingerprint density at radius 1 is 0.850 bits per heavy atom. The van der Waals surface area contributed by atoms with Crippen LogP contribution in [-0.4, -0.2) is 10.2 Å². The number of benzene rings is 3. The molecule has 0 aromatic heterocycles. The zero-order valence-electron chi connectivity index (χ0n) is 11.5. The van der Waals surface area contributed by atoms with Gasteiger partial charge < -0.3 is 10.2 Å². The molecule has 2 N–H and O–H groups in total. The maximum atomic E-state index is 10.3. The molecule has 0 aliphatic rings. The minimum Gasteiger partial charge on any atom is -0.508 e. The van der Waals surface area contributed by atoms with Crippen LogP contribution in [0.5, 0.6) is 11.5 Å². The summed E-state index contributed by atoms with van der Waals surface area (Å²) >= 11 is 0. The van der Waals surface area contributed by atoms with Gasteiger partial charge in [-0.05, 0) is 59.5 Å². The Kier molecular flexibility index (Phi) is 2.87. The van der Waals surface area contributed by atoms with Gasteiger partial charge in [0.25, 0.3) is 0 Å². The summed E-state index contributed by atoms with van der Waals surface area (Å²) < 4.78 is 0. The van der Waals surface area contributed by atoms with Crippen LogP contribution in [0.15, 0.2) is 48.5 Å². The Morgan fingerprint density at radius 2 is 1.60 bits per heavy atom. The first-order chi connectivity index (χ1) is 9.58. The van der Waals surface area contributed by atoms with Gasteiger partial charge in [0.15, 0.2) is 0 Å². The first-order valence-electron chi connectivity index (χ1n) is 6.59. The predicted molar refractivity (Wildman–Crippen MR) is 82.2 cm³/mol. The molecule has 2 heteroatoms. The molecule has 3 aromatic rings. The van der Waals surface area contributed by atoms with E-state index in [1.807, 2.05) is 31.2 Å². The molecule has 0 fully saturated rings. The summed E-state index contributed by atoms with van der Waals surface area (Å²) in [7, 11) is 0. The predicted octanol–water partition coefficient (Wildman–Crippen LogP) is 4.53. The summed E-state index contributed by atoms with van der Waals surface area (Å²) in [6.45, 7) is 4.10. The highest BCUT2D eigenvalue weighted by atomic mass is 16.3. The second-order valence-corrected chi connectivity index (χ2v) is 5.11. The first kappa shape index (κ1) is 12.5. The van der Waals surface area contributed by atoms with Crippen molar-refractivity contribution < 1.29 is 10.2 Å². The highest BCUT2D eigenvalue weighted by molar-refractivity contribution is 6.01. The minimum absolute atomic E-state index is 0.203. The Morgan fingerprint density at radius 3 is 2.40 bits per heavy atom. The van der Waals surface area contributed by atoms with Gasteiger partial charge in [0.05, 0.1) is 0 Å². The number of rotatable bonds is 1. The first-order valence-corrected chi connectivity index (χ1v) is 6.59. The molecule has 0 aliphatic carbocycles. The number of phenols is 2. The lowest BCUT2D eigenvalue weighted by atomic mass is 9.92. The van der Waals surface area contributed by atoms with Crippen molar-refractivity contribution in [3.8, 4) is 22.6 Å². The zero-order chi connectivity index (χ0) is 14.3. The molecular weight excluding hydrogens is 248 g/mol. The van der Waals surface area contributed by atoms with E-state index in [0.29, 0.717) is 0 Å². The standard InChI is InChI=1S/C18H16O2/c1-11-4-3-5-15(12(11)2)18-16-10-14(19)8-6-13(16)7-9-17(18)20/h3-10,19-20H,1-2H3. The van der Waals surface area contributed by atoms with E-state index in [4.69, 9.17) is 0 Å². The molecule has 0 saturated heterocycles. The molecule has 20 heavy (non-hydrogen) atoms. The molecule has 0 unspecified atom stereocenters. The summed E-state index contributed by atoms with van der Waals surface area (Å²) in [6, 6.07) is 14.8. The van der Waals surface area contributed by atoms with Crippen LogP contribution < -0.4 is 0 Å². The van der Waals surface area contributed by atoms with Crippen molar-refractivity contribution in [3.63, 3.8) is 0 Å². The van der Waals surface area contributed by atoms with Crippen LogP contribution in [0.4, 0.5) is 0 Å². The lowest BCUT2D eigenvalue weighted by molar-refractivity contribution is 0.475. The molecule has 0 atom stereocenters. The Labute approximate surface area is 117 Å². The summed E-state index contributed by atoms with van der Waals surface area (Å²) in [5.74, 6) is 0.437. The Balaban J connectivity index is 2.43. The van der Waals surface area contributed by atoms with Crippen molar-refractivity contribution >= 4 is 10.8 Å². The minimum atomic E-state index is 0.203. The summed E-state index contributed by atoms with van der Waals surface area (Å²) in [5, 5.41) is 21.9. The van der Waals surface area contributed by atoms with E-state index in [2.05, 4.69) is 13.0 Å². The maximum Gasteiger partial charge on any atom is 0.124 e. The van der Waals surface area contributed by atoms with Gasteiger partial charge in [-0.15, -0.1) is 0 Å². The molecular formula is C18H16O2. The fourth-order valence-electron chi connectivity index (χ4n) is 2.60. The van der Waals surface area contributed by atoms with Gasteiger partial charge in [-0.2, -0.15) is 0 Å². The lowest BCUT2D eigenvalue weighted by Gasteiger charge is -2.13. The Hall–Kier alpha value is -2.48. The zero-order valence-corrected chi connectivity index (χ0v) is 11.5. The van der Waals surface area contributed by atoms with E-state index in [1.54, 1.807) is 18.2 Å². The molecule has 0 radical (unpaired) electrons. The van der Waals surface area contributed by atoms with E-state index < -0.39 is 0 Å². The molecule has 0 aliphatic heterocycles. The average molecular weight is 264 g/mol. The van der Waals surface area contributed by atoms with E-state index >= 15 is 0 Å². The SMILES string of the molecule is Cc1cccc(-c2c(O)ccc3ccc(O)cc23)c1C. The number of fused-ring (bicyclic) bond motifs is 1. The molecule has 0 amide bonds. The van der Waals surface area contributed by atoms with Crippen molar-refractivity contribution in [3.05, 3.63) is 59.7 Å². The van der Waals surface area contributed by atoms with Crippen molar-refractivity contribution in [2.75, 3.05) is 0 Å². The summed E-state index contributed by atoms with van der Waals surface area (Å²) in [6.07, 6.45) is 0. The molecule has 0 heterocycles. The monoisotopic (exact) mass is 264 g/mol. The van der Waals surface area contributed by atoms with Gasteiger partial charge in [-0.3, -0.25) is 0 Å². The van der Waals surface area contributed by atoms with Crippen LogP contribution in [0.2, 0.25) is 0 Å². The Bertz CT molecular complexity index is 799. The highest BCUT2D eigenvalue weighted by Crippen LogP contribution is 2.39. The van der Waals surface area contributed by atoms with Crippen molar-refractivity contribution in [2.45, 2.75) is 13.8 Å². The number of hydrogen-bond acceptors (Lipinski definition) is 2. The molecule has 3 rings (SSSR count). The van der Waals surface area contributed by atoms with Crippen LogP contribution >= 0.6 is 0 Å². The highest BCUT2D eigenvalue weighted by Gasteiger charge is 2.13. The van der Waals surface area contributed by atoms with Gasteiger partial charge in [-0.1, -0.05) is 30.3 Å². The number of aromatic hydroxyl groups is 2. The molecule has 2 nitrogen and oxygen atoms in total. The van der Waals surface area contributed by atoms with E-state index in [9.17, 15) is 10.2 Å². The fourth-order valence-corrected chi connectivity index (χ4v) is 2.60. The number of hydrogen-bond donors (Lipinski definition) is 2. The fraction of sp³-hybridized carbons (Fsp3) is 0.111. The van der Waals surface area contributed by atoms with Gasteiger partial charge >= 0.3 is 0 Å². The topological polar surface area (TPSA) is 40.5 Å². The van der Waals surface area contributed by atoms with Gasteiger partial charge in [0.1, 0.15) is 11.5 Å². The third kappa shape index (κ3) is 1.90. The number of phenolic OH excluding ortho intramolecular Hbond substituents is 2. The van der Waals surface area contributed by atoms with Crippen LogP contribution in [0.1, 0.15) is 11.1 Å². The average Bonchev–Trinajstić information content (AvgIpc) is 2.42. The van der Waals surface area contributed by atoms with E-state index in [0.717, 1.165) is 27.5 Å². The van der Waals surface area contributed by atoms with E-state index in [1.165, 1.54) is 5.56 Å². The number of aryl methyl sites for hydroxylation is 1. The smallest absolute Gasteiger partial charge is 0.124 e. The van der Waals surface area contributed by atoms with Crippen molar-refractivity contribution in [2.24, 2.45) is 0 Å². The largest absolute Gasteiger partial charge is 0.508 e. The summed E-state index contributed by atoms with van der Waals surface area (Å²) in [4.78, 5) is 0. The van der Waals surface area contributed by atoms with Gasteiger partial charge in [0, 0.05) is 5.56 Å².